The number of anilines is 1. The molecule has 1 aromatic carbocycles. The molecule has 1 rings (SSSR count). The van der Waals surface area contributed by atoms with E-state index in [1.54, 1.807) is 31.2 Å². The van der Waals surface area contributed by atoms with Gasteiger partial charge in [0.1, 0.15) is 6.29 Å². The van der Waals surface area contributed by atoms with Crippen LogP contribution >= 0.6 is 0 Å². The molecule has 0 radical (unpaired) electrons. The molecule has 1 amide bonds. The standard InChI is InChI=1S/C17H27N3O3Si/c1-13(11-21)20(12-22)15-9-7-14(8-10-15)16(18)19-23-24(5,6)17(2,3)4/h7-13H,1-6H3,(H2,18,19). The van der Waals surface area contributed by atoms with Crippen LogP contribution in [-0.4, -0.2) is 32.9 Å². The number of amidine groups is 1. The van der Waals surface area contributed by atoms with E-state index in [1.165, 1.54) is 4.90 Å². The Morgan fingerprint density at radius 3 is 2.21 bits per heavy atom. The molecule has 0 aromatic heterocycles. The lowest BCUT2D eigenvalue weighted by molar-refractivity contribution is -0.112. The van der Waals surface area contributed by atoms with Crippen LogP contribution in [0, 0.1) is 0 Å². The summed E-state index contributed by atoms with van der Waals surface area (Å²) in [6.07, 6.45) is 1.34. The average molecular weight is 350 g/mol. The van der Waals surface area contributed by atoms with Crippen molar-refractivity contribution in [3.05, 3.63) is 29.8 Å². The maximum atomic E-state index is 11.1. The predicted molar refractivity (Wildman–Crippen MR) is 99.5 cm³/mol. The van der Waals surface area contributed by atoms with E-state index in [2.05, 4.69) is 39.0 Å². The first-order chi connectivity index (χ1) is 11.0. The molecule has 0 saturated carbocycles. The van der Waals surface area contributed by atoms with Gasteiger partial charge >= 0.3 is 0 Å². The van der Waals surface area contributed by atoms with E-state index < -0.39 is 14.4 Å². The smallest absolute Gasteiger partial charge is 0.286 e. The van der Waals surface area contributed by atoms with Gasteiger partial charge in [-0.2, -0.15) is 0 Å². The number of carbonyl (C=O) groups excluding carboxylic acids is 2. The summed E-state index contributed by atoms with van der Waals surface area (Å²) in [4.78, 5) is 23.3. The molecule has 7 heteroatoms. The predicted octanol–water partition coefficient (Wildman–Crippen LogP) is 2.88. The van der Waals surface area contributed by atoms with E-state index in [1.807, 2.05) is 0 Å². The van der Waals surface area contributed by atoms with Crippen molar-refractivity contribution in [2.75, 3.05) is 4.90 Å². The van der Waals surface area contributed by atoms with Gasteiger partial charge in [-0.25, -0.2) is 0 Å². The van der Waals surface area contributed by atoms with Crippen LogP contribution in [0.2, 0.25) is 18.1 Å². The van der Waals surface area contributed by atoms with E-state index >= 15 is 0 Å². The van der Waals surface area contributed by atoms with Gasteiger partial charge in [0.05, 0.1) is 6.04 Å². The molecule has 0 aliphatic rings. The Morgan fingerprint density at radius 1 is 1.25 bits per heavy atom. The van der Waals surface area contributed by atoms with Crippen molar-refractivity contribution in [3.8, 4) is 0 Å². The van der Waals surface area contributed by atoms with Crippen molar-refractivity contribution in [1.29, 1.82) is 0 Å². The lowest BCUT2D eigenvalue weighted by atomic mass is 10.1. The van der Waals surface area contributed by atoms with Crippen LogP contribution in [0.15, 0.2) is 29.4 Å². The highest BCUT2D eigenvalue weighted by molar-refractivity contribution is 6.74. The van der Waals surface area contributed by atoms with Gasteiger partial charge in [-0.3, -0.25) is 4.79 Å². The van der Waals surface area contributed by atoms with Gasteiger partial charge in [0, 0.05) is 11.3 Å². The lowest BCUT2D eigenvalue weighted by Crippen LogP contribution is -2.39. The number of benzene rings is 1. The summed E-state index contributed by atoms with van der Waals surface area (Å²) in [6, 6.07) is 6.41. The Labute approximate surface area is 144 Å². The van der Waals surface area contributed by atoms with E-state index in [4.69, 9.17) is 10.3 Å². The molecular formula is C17H27N3O3Si. The normalized spacial score (nSPS) is 14.0. The maximum Gasteiger partial charge on any atom is 0.286 e. The minimum Gasteiger partial charge on any atom is -0.453 e. The molecule has 1 unspecified atom stereocenters. The minimum absolute atomic E-state index is 0.0378. The summed E-state index contributed by atoms with van der Waals surface area (Å²) >= 11 is 0. The second-order valence-corrected chi connectivity index (χ2v) is 12.0. The van der Waals surface area contributed by atoms with Gasteiger partial charge in [0.2, 0.25) is 6.41 Å². The number of nitrogens with zero attached hydrogens (tertiary/aromatic N) is 2. The largest absolute Gasteiger partial charge is 0.453 e. The van der Waals surface area contributed by atoms with Gasteiger partial charge < -0.3 is 20.0 Å². The van der Waals surface area contributed by atoms with Crippen LogP contribution in [-0.2, 0) is 14.1 Å². The number of hydrogen-bond donors (Lipinski definition) is 1. The van der Waals surface area contributed by atoms with E-state index in [0.717, 1.165) is 0 Å². The highest BCUT2D eigenvalue weighted by Crippen LogP contribution is 2.36. The number of aldehydes is 1. The van der Waals surface area contributed by atoms with Crippen molar-refractivity contribution in [3.63, 3.8) is 0 Å². The molecule has 0 saturated heterocycles. The molecule has 0 fully saturated rings. The summed E-state index contributed by atoms with van der Waals surface area (Å²) in [5, 5.41) is 4.13. The zero-order chi connectivity index (χ0) is 18.5. The summed E-state index contributed by atoms with van der Waals surface area (Å²) in [5.74, 6) is 0.285. The zero-order valence-corrected chi connectivity index (χ0v) is 16.2. The van der Waals surface area contributed by atoms with E-state index in [0.29, 0.717) is 23.9 Å². The van der Waals surface area contributed by atoms with Crippen molar-refractivity contribution in [1.82, 2.24) is 0 Å². The van der Waals surface area contributed by atoms with Crippen LogP contribution in [0.4, 0.5) is 5.69 Å². The molecular weight excluding hydrogens is 322 g/mol. The van der Waals surface area contributed by atoms with Crippen LogP contribution in [0.25, 0.3) is 0 Å². The van der Waals surface area contributed by atoms with Crippen LogP contribution < -0.4 is 10.6 Å². The molecule has 2 N–H and O–H groups in total. The minimum atomic E-state index is -2.02. The molecule has 132 valence electrons. The van der Waals surface area contributed by atoms with Gasteiger partial charge in [-0.1, -0.05) is 25.9 Å². The van der Waals surface area contributed by atoms with Crippen molar-refractivity contribution in [2.45, 2.75) is 51.9 Å². The fourth-order valence-corrected chi connectivity index (χ4v) is 2.22. The van der Waals surface area contributed by atoms with Gasteiger partial charge in [-0.05, 0) is 49.3 Å². The Kier molecular flexibility index (Phi) is 6.31. The second kappa shape index (κ2) is 7.61. The molecule has 6 nitrogen and oxygen atoms in total. The Balaban J connectivity index is 2.94. The number of amides is 1. The Bertz CT molecular complexity index is 607. The van der Waals surface area contributed by atoms with Gasteiger partial charge in [0.25, 0.3) is 8.32 Å². The fraction of sp³-hybridized carbons (Fsp3) is 0.471. The highest BCUT2D eigenvalue weighted by atomic mass is 28.4. The quantitative estimate of drug-likeness (QED) is 0.270. The number of nitrogens with two attached hydrogens (primary N) is 1. The summed E-state index contributed by atoms with van der Waals surface area (Å²) in [7, 11) is -2.02. The third-order valence-corrected chi connectivity index (χ3v) is 8.55. The second-order valence-electron chi connectivity index (χ2n) is 7.26. The molecule has 0 spiro atoms. The monoisotopic (exact) mass is 349 g/mol. The fourth-order valence-electron chi connectivity index (χ4n) is 1.61. The summed E-state index contributed by atoms with van der Waals surface area (Å²) in [6.45, 7) is 12.2. The molecule has 1 aromatic rings. The van der Waals surface area contributed by atoms with Crippen molar-refractivity contribution >= 4 is 32.5 Å². The number of hydrogen-bond acceptors (Lipinski definition) is 4. The average Bonchev–Trinajstić information content (AvgIpc) is 2.52. The Morgan fingerprint density at radius 2 is 1.79 bits per heavy atom. The first-order valence-corrected chi connectivity index (χ1v) is 10.8. The van der Waals surface area contributed by atoms with Crippen LogP contribution in [0.3, 0.4) is 0 Å². The van der Waals surface area contributed by atoms with E-state index in [-0.39, 0.29) is 10.9 Å². The SMILES string of the molecule is CC(C=O)N(C=O)c1ccc(C(N)=NO[Si](C)(C)C(C)(C)C)cc1. The molecule has 0 heterocycles. The van der Waals surface area contributed by atoms with Gasteiger partial charge in [0.15, 0.2) is 5.84 Å². The summed E-state index contributed by atoms with van der Waals surface area (Å²) in [5.41, 5.74) is 7.31. The summed E-state index contributed by atoms with van der Waals surface area (Å²) < 4.78 is 5.75. The first kappa shape index (κ1) is 19.9. The number of carbonyl (C=O) groups is 2. The molecule has 1 atom stereocenters. The number of rotatable bonds is 7. The highest BCUT2D eigenvalue weighted by Gasteiger charge is 2.39. The number of oxime groups is 1. The van der Waals surface area contributed by atoms with Gasteiger partial charge in [-0.15, -0.1) is 0 Å². The third-order valence-electron chi connectivity index (χ3n) is 4.39. The third kappa shape index (κ3) is 4.67. The molecule has 24 heavy (non-hydrogen) atoms. The topological polar surface area (TPSA) is 85.0 Å². The van der Waals surface area contributed by atoms with Crippen LogP contribution in [0.5, 0.6) is 0 Å². The van der Waals surface area contributed by atoms with Crippen LogP contribution in [0.1, 0.15) is 33.3 Å². The molecule has 0 aliphatic heterocycles. The van der Waals surface area contributed by atoms with Crippen molar-refractivity contribution < 1.29 is 14.1 Å². The van der Waals surface area contributed by atoms with E-state index in [9.17, 15) is 9.59 Å². The van der Waals surface area contributed by atoms with Crippen molar-refractivity contribution in [2.24, 2.45) is 10.9 Å². The molecule has 0 aliphatic carbocycles. The lowest BCUT2D eigenvalue weighted by Gasteiger charge is -2.33. The Hall–Kier alpha value is -2.15. The molecule has 0 bridgehead atoms. The zero-order valence-electron chi connectivity index (χ0n) is 15.2. The first-order valence-electron chi connectivity index (χ1n) is 7.84. The maximum absolute atomic E-state index is 11.1.